The lowest BCUT2D eigenvalue weighted by Crippen LogP contribution is -2.40. The number of amides is 2. The van der Waals surface area contributed by atoms with Gasteiger partial charge in [0, 0.05) is 56.1 Å². The van der Waals surface area contributed by atoms with E-state index < -0.39 is 0 Å². The lowest BCUT2D eigenvalue weighted by molar-refractivity contribution is -0.129. The minimum atomic E-state index is 0.0129. The Balaban J connectivity index is 1.23. The van der Waals surface area contributed by atoms with Gasteiger partial charge in [0.25, 0.3) is 5.91 Å². The molecule has 1 saturated carbocycles. The van der Waals surface area contributed by atoms with Crippen molar-refractivity contribution in [3.63, 3.8) is 0 Å². The van der Waals surface area contributed by atoms with Crippen LogP contribution in [0.3, 0.4) is 0 Å². The highest BCUT2D eigenvalue weighted by atomic mass is 16.5. The van der Waals surface area contributed by atoms with E-state index in [0.717, 1.165) is 84.5 Å². The number of aromatic nitrogens is 4. The van der Waals surface area contributed by atoms with Gasteiger partial charge in [-0.1, -0.05) is 0 Å². The molecular formula is C33H39N7O3. The summed E-state index contributed by atoms with van der Waals surface area (Å²) < 4.78 is 10.2. The minimum Gasteiger partial charge on any atom is -0.494 e. The van der Waals surface area contributed by atoms with Gasteiger partial charge in [0.05, 0.1) is 30.1 Å². The first-order chi connectivity index (χ1) is 20.8. The first-order valence-corrected chi connectivity index (χ1v) is 15.7. The number of carbonyl (C=O) groups excluding carboxylic acids is 2. The van der Waals surface area contributed by atoms with Crippen molar-refractivity contribution in [3.8, 4) is 17.3 Å². The normalized spacial score (nSPS) is 25.0. The molecule has 0 radical (unpaired) electrons. The molecule has 1 aliphatic carbocycles. The number of hydrogen-bond acceptors (Lipinski definition) is 6. The van der Waals surface area contributed by atoms with Crippen LogP contribution < -0.4 is 10.5 Å². The van der Waals surface area contributed by atoms with Crippen molar-refractivity contribution in [2.75, 3.05) is 13.7 Å². The monoisotopic (exact) mass is 581 g/mol. The highest BCUT2D eigenvalue weighted by molar-refractivity contribution is 6.00. The van der Waals surface area contributed by atoms with Crippen LogP contribution in [0.2, 0.25) is 0 Å². The van der Waals surface area contributed by atoms with Gasteiger partial charge >= 0.3 is 0 Å². The van der Waals surface area contributed by atoms with Gasteiger partial charge in [0.1, 0.15) is 16.9 Å². The predicted octanol–water partition coefficient (Wildman–Crippen LogP) is 4.40. The second-order valence-electron chi connectivity index (χ2n) is 13.1. The quantitative estimate of drug-likeness (QED) is 0.362. The number of fused-ring (bicyclic) bond motifs is 4. The third-order valence-electron chi connectivity index (χ3n) is 10.4. The first-order valence-electron chi connectivity index (χ1n) is 15.7. The molecule has 224 valence electrons. The van der Waals surface area contributed by atoms with Gasteiger partial charge in [0.15, 0.2) is 5.82 Å². The third-order valence-corrected chi connectivity index (χ3v) is 10.4. The minimum absolute atomic E-state index is 0.0129. The number of methoxy groups -OCH3 is 1. The van der Waals surface area contributed by atoms with Crippen LogP contribution in [0, 0.1) is 5.92 Å². The number of rotatable bonds is 6. The van der Waals surface area contributed by atoms with E-state index in [1.807, 2.05) is 29.0 Å². The van der Waals surface area contributed by atoms with Crippen LogP contribution in [-0.2, 0) is 18.4 Å². The highest BCUT2D eigenvalue weighted by Crippen LogP contribution is 2.41. The number of nitrogens with two attached hydrogens (primary N) is 1. The standard InChI is InChI=1S/C33H39N7O3/c1-18(41)38-12-4-5-27(38)24-10-8-20-14-28(39(31(20)35-24)17-19-6-7-19)32-36-25-13-21(15-29(43-3)30(25)37(32)2)33(42)40-22-9-11-26(40)23(34)16-22/h8,10,13-15,19,22-23,26-27H,4-7,9,11-12,16-17,34H2,1-3H3/t22-,23+,26+,27+/m0/s1. The van der Waals surface area contributed by atoms with Crippen molar-refractivity contribution < 1.29 is 14.3 Å². The van der Waals surface area contributed by atoms with E-state index in [2.05, 4.69) is 27.3 Å². The molecule has 8 rings (SSSR count). The number of hydrogen-bond donors (Lipinski definition) is 1. The molecule has 2 amide bonds. The van der Waals surface area contributed by atoms with Crippen LogP contribution in [0.25, 0.3) is 33.6 Å². The average Bonchev–Trinajstić information content (AvgIpc) is 3.38. The van der Waals surface area contributed by atoms with Gasteiger partial charge in [-0.15, -0.1) is 0 Å². The number of aryl methyl sites for hydroxylation is 1. The summed E-state index contributed by atoms with van der Waals surface area (Å²) in [6, 6.07) is 10.6. The van der Waals surface area contributed by atoms with E-state index in [1.165, 1.54) is 12.8 Å². The number of nitrogens with zero attached hydrogens (tertiary/aromatic N) is 6. The van der Waals surface area contributed by atoms with Crippen LogP contribution >= 0.6 is 0 Å². The lowest BCUT2D eigenvalue weighted by Gasteiger charge is -2.23. The van der Waals surface area contributed by atoms with Crippen molar-refractivity contribution in [1.29, 1.82) is 0 Å². The van der Waals surface area contributed by atoms with Crippen molar-refractivity contribution >= 4 is 33.9 Å². The smallest absolute Gasteiger partial charge is 0.254 e. The highest BCUT2D eigenvalue weighted by Gasteiger charge is 2.47. The summed E-state index contributed by atoms with van der Waals surface area (Å²) in [6.45, 7) is 3.30. The van der Waals surface area contributed by atoms with E-state index >= 15 is 0 Å². The summed E-state index contributed by atoms with van der Waals surface area (Å²) in [5.41, 5.74) is 11.4. The average molecular weight is 582 g/mol. The molecule has 3 aromatic heterocycles. The van der Waals surface area contributed by atoms with Crippen LogP contribution in [0.4, 0.5) is 0 Å². The van der Waals surface area contributed by atoms with Crippen molar-refractivity contribution in [1.82, 2.24) is 28.9 Å². The number of ether oxygens (including phenoxy) is 1. The Hall–Kier alpha value is -3.92. The molecule has 4 fully saturated rings. The topological polar surface area (TPSA) is 112 Å². The van der Waals surface area contributed by atoms with Gasteiger partial charge in [-0.2, -0.15) is 0 Å². The second kappa shape index (κ2) is 9.80. The molecule has 4 atom stereocenters. The zero-order chi connectivity index (χ0) is 29.6. The van der Waals surface area contributed by atoms with Gasteiger partial charge in [-0.25, -0.2) is 9.97 Å². The summed E-state index contributed by atoms with van der Waals surface area (Å²) in [4.78, 5) is 40.4. The fraction of sp³-hybridized carbons (Fsp3) is 0.515. The first kappa shape index (κ1) is 26.7. The fourth-order valence-corrected chi connectivity index (χ4v) is 8.03. The van der Waals surface area contributed by atoms with E-state index in [1.54, 1.807) is 14.0 Å². The molecule has 4 aliphatic rings. The van der Waals surface area contributed by atoms with Gasteiger partial charge in [0.2, 0.25) is 5.91 Å². The zero-order valence-electron chi connectivity index (χ0n) is 25.1. The van der Waals surface area contributed by atoms with Crippen molar-refractivity contribution in [2.45, 2.75) is 82.6 Å². The molecule has 2 bridgehead atoms. The van der Waals surface area contributed by atoms with E-state index in [9.17, 15) is 9.59 Å². The Labute approximate surface area is 250 Å². The van der Waals surface area contributed by atoms with Crippen molar-refractivity contribution in [3.05, 3.63) is 41.6 Å². The SMILES string of the molecule is COc1cc(C(=O)N2[C@H]3CC[C@@H]2[C@H](N)C3)cc2nc(-c3cc4ccc([C@H]5CCCN5C(C)=O)nc4n3CC3CC3)n(C)c12. The maximum atomic E-state index is 13.8. The zero-order valence-corrected chi connectivity index (χ0v) is 25.1. The molecule has 4 aromatic rings. The fourth-order valence-electron chi connectivity index (χ4n) is 8.03. The molecule has 6 heterocycles. The molecule has 43 heavy (non-hydrogen) atoms. The molecule has 10 nitrogen and oxygen atoms in total. The van der Waals surface area contributed by atoms with Crippen LogP contribution in [0.5, 0.6) is 5.75 Å². The third kappa shape index (κ3) is 4.17. The van der Waals surface area contributed by atoms with Crippen LogP contribution in [-0.4, -0.2) is 72.5 Å². The lowest BCUT2D eigenvalue weighted by atomic mass is 9.97. The van der Waals surface area contributed by atoms with Crippen molar-refractivity contribution in [2.24, 2.45) is 18.7 Å². The molecule has 0 unspecified atom stereocenters. The Morgan fingerprint density at radius 2 is 1.91 bits per heavy atom. The summed E-state index contributed by atoms with van der Waals surface area (Å²) in [5, 5.41) is 1.06. The number of benzene rings is 1. The Kier molecular flexibility index (Phi) is 6.08. The summed E-state index contributed by atoms with van der Waals surface area (Å²) in [5.74, 6) is 2.18. The molecule has 1 aromatic carbocycles. The maximum absolute atomic E-state index is 13.8. The summed E-state index contributed by atoms with van der Waals surface area (Å²) >= 11 is 0. The maximum Gasteiger partial charge on any atom is 0.254 e. The number of carbonyl (C=O) groups is 2. The summed E-state index contributed by atoms with van der Waals surface area (Å²) in [7, 11) is 3.66. The Morgan fingerprint density at radius 3 is 2.60 bits per heavy atom. The van der Waals surface area contributed by atoms with Crippen LogP contribution in [0.1, 0.15) is 74.0 Å². The van der Waals surface area contributed by atoms with E-state index in [-0.39, 0.29) is 36.0 Å². The predicted molar refractivity (Wildman–Crippen MR) is 164 cm³/mol. The molecule has 3 aliphatic heterocycles. The van der Waals surface area contributed by atoms with E-state index in [4.69, 9.17) is 20.4 Å². The molecule has 3 saturated heterocycles. The Bertz CT molecular complexity index is 1790. The molecule has 10 heteroatoms. The second-order valence-corrected chi connectivity index (χ2v) is 13.1. The van der Waals surface area contributed by atoms with Gasteiger partial charge in [-0.05, 0) is 81.2 Å². The largest absolute Gasteiger partial charge is 0.494 e. The summed E-state index contributed by atoms with van der Waals surface area (Å²) in [6.07, 6.45) is 7.22. The van der Waals surface area contributed by atoms with Gasteiger partial charge < -0.3 is 29.4 Å². The number of likely N-dealkylation sites (tertiary alicyclic amines) is 1. The van der Waals surface area contributed by atoms with Crippen LogP contribution in [0.15, 0.2) is 30.3 Å². The van der Waals surface area contributed by atoms with Gasteiger partial charge in [-0.3, -0.25) is 9.59 Å². The molecule has 0 spiro atoms. The Morgan fingerprint density at radius 1 is 1.07 bits per heavy atom. The molecule has 2 N–H and O–H groups in total. The number of pyridine rings is 1. The van der Waals surface area contributed by atoms with E-state index in [0.29, 0.717) is 17.2 Å². The molecular weight excluding hydrogens is 542 g/mol. The number of imidazole rings is 1.